The van der Waals surface area contributed by atoms with Gasteiger partial charge in [0.05, 0.1) is 11.3 Å². The van der Waals surface area contributed by atoms with Gasteiger partial charge in [-0.25, -0.2) is 0 Å². The largest absolute Gasteiger partial charge is 0.494 e. The highest BCUT2D eigenvalue weighted by Crippen LogP contribution is 2.26. The molecule has 3 nitrogen and oxygen atoms in total. The molecule has 1 aliphatic rings. The molecule has 1 aliphatic heterocycles. The average Bonchev–Trinajstić information content (AvgIpc) is 2.80. The van der Waals surface area contributed by atoms with Crippen molar-refractivity contribution in [2.45, 2.75) is 13.8 Å². The fourth-order valence-electron chi connectivity index (χ4n) is 2.13. The van der Waals surface area contributed by atoms with Crippen LogP contribution in [-0.4, -0.2) is 20.3 Å². The molecule has 18 heavy (non-hydrogen) atoms. The van der Waals surface area contributed by atoms with Crippen molar-refractivity contribution >= 4 is 35.2 Å². The number of hydrogen-bond donors (Lipinski definition) is 0. The van der Waals surface area contributed by atoms with Crippen LogP contribution in [0.1, 0.15) is 13.8 Å². The van der Waals surface area contributed by atoms with Crippen molar-refractivity contribution in [2.75, 3.05) is 13.2 Å². The Balaban J connectivity index is 1.96. The summed E-state index contributed by atoms with van der Waals surface area (Å²) in [6.07, 6.45) is 1.63. The fourth-order valence-corrected chi connectivity index (χ4v) is 2.34. The average molecular weight is 265 g/mol. The van der Waals surface area contributed by atoms with E-state index in [1.165, 1.54) is 0 Å². The van der Waals surface area contributed by atoms with Crippen LogP contribution in [0.4, 0.5) is 0 Å². The molecule has 5 heteroatoms. The summed E-state index contributed by atoms with van der Waals surface area (Å²) < 4.78 is 17.0. The number of fused-ring (bicyclic) bond motifs is 1. The zero-order valence-electron chi connectivity index (χ0n) is 10.4. The van der Waals surface area contributed by atoms with Crippen LogP contribution in [0.2, 0.25) is 5.02 Å². The molecule has 0 bridgehead atoms. The highest BCUT2D eigenvalue weighted by atomic mass is 35.5. The van der Waals surface area contributed by atoms with E-state index in [2.05, 4.69) is 13.8 Å². The second-order valence-corrected chi connectivity index (χ2v) is 5.83. The van der Waals surface area contributed by atoms with Crippen LogP contribution < -0.4 is 5.46 Å². The van der Waals surface area contributed by atoms with Gasteiger partial charge in [0.15, 0.2) is 5.58 Å². The van der Waals surface area contributed by atoms with Gasteiger partial charge in [0.1, 0.15) is 0 Å². The van der Waals surface area contributed by atoms with Crippen molar-refractivity contribution in [1.82, 2.24) is 0 Å². The summed E-state index contributed by atoms with van der Waals surface area (Å²) in [6, 6.07) is 5.64. The predicted molar refractivity (Wildman–Crippen MR) is 72.3 cm³/mol. The van der Waals surface area contributed by atoms with E-state index in [0.29, 0.717) is 23.8 Å². The maximum absolute atomic E-state index is 6.08. The smallest absolute Gasteiger partial charge is 0.463 e. The normalized spacial score (nSPS) is 19.4. The van der Waals surface area contributed by atoms with Gasteiger partial charge in [-0.3, -0.25) is 0 Å². The molecule has 0 saturated carbocycles. The third-order valence-corrected chi connectivity index (χ3v) is 3.40. The Morgan fingerprint density at radius 1 is 1.17 bits per heavy atom. The molecule has 94 valence electrons. The van der Waals surface area contributed by atoms with E-state index in [9.17, 15) is 0 Å². The SMILES string of the molecule is CC1(C)COB(c2ccc(Cl)c3occc23)OC1. The van der Waals surface area contributed by atoms with E-state index >= 15 is 0 Å². The summed E-state index contributed by atoms with van der Waals surface area (Å²) in [5, 5.41) is 1.56. The van der Waals surface area contributed by atoms with Crippen LogP contribution in [0.15, 0.2) is 28.9 Å². The maximum Gasteiger partial charge on any atom is 0.494 e. The summed E-state index contributed by atoms with van der Waals surface area (Å²) in [6.45, 7) is 5.61. The number of rotatable bonds is 1. The molecule has 0 spiro atoms. The molecule has 1 fully saturated rings. The minimum absolute atomic E-state index is 0.0679. The monoisotopic (exact) mass is 264 g/mol. The lowest BCUT2D eigenvalue weighted by Gasteiger charge is -2.33. The molecule has 2 heterocycles. The molecule has 0 atom stereocenters. The summed E-state index contributed by atoms with van der Waals surface area (Å²) in [5.74, 6) is 0. The first-order valence-electron chi connectivity index (χ1n) is 5.96. The predicted octanol–water partition coefficient (Wildman–Crippen LogP) is 2.85. The highest BCUT2D eigenvalue weighted by molar-refractivity contribution is 6.64. The van der Waals surface area contributed by atoms with Gasteiger partial charge in [0.25, 0.3) is 0 Å². The molecule has 3 rings (SSSR count). The van der Waals surface area contributed by atoms with Gasteiger partial charge in [0.2, 0.25) is 0 Å². The Labute approximate surface area is 111 Å². The van der Waals surface area contributed by atoms with Crippen LogP contribution in [-0.2, 0) is 9.31 Å². The van der Waals surface area contributed by atoms with Crippen molar-refractivity contribution in [3.05, 3.63) is 29.5 Å². The van der Waals surface area contributed by atoms with E-state index in [1.54, 1.807) is 6.26 Å². The van der Waals surface area contributed by atoms with Crippen molar-refractivity contribution in [2.24, 2.45) is 5.41 Å². The Morgan fingerprint density at radius 2 is 1.89 bits per heavy atom. The first kappa shape index (κ1) is 12.1. The summed E-state index contributed by atoms with van der Waals surface area (Å²) >= 11 is 6.08. The van der Waals surface area contributed by atoms with Gasteiger partial charge < -0.3 is 13.7 Å². The molecule has 1 aromatic heterocycles. The topological polar surface area (TPSA) is 31.6 Å². The lowest BCUT2D eigenvalue weighted by atomic mass is 9.74. The number of halogens is 1. The molecular weight excluding hydrogens is 250 g/mol. The second kappa shape index (κ2) is 4.30. The molecule has 0 amide bonds. The lowest BCUT2D eigenvalue weighted by Crippen LogP contribution is -2.47. The third-order valence-electron chi connectivity index (χ3n) is 3.11. The Bertz CT molecular complexity index is 569. The lowest BCUT2D eigenvalue weighted by molar-refractivity contribution is 0.0344. The molecule has 1 saturated heterocycles. The van der Waals surface area contributed by atoms with Crippen LogP contribution in [0.5, 0.6) is 0 Å². The van der Waals surface area contributed by atoms with Gasteiger partial charge in [-0.2, -0.15) is 0 Å². The fraction of sp³-hybridized carbons (Fsp3) is 0.385. The van der Waals surface area contributed by atoms with Gasteiger partial charge in [-0.15, -0.1) is 0 Å². The minimum Gasteiger partial charge on any atom is -0.463 e. The maximum atomic E-state index is 6.08. The number of benzene rings is 1. The van der Waals surface area contributed by atoms with E-state index in [0.717, 1.165) is 10.8 Å². The standard InChI is InChI=1S/C13H14BClO3/c1-13(2)7-17-14(18-8-13)10-3-4-11(15)12-9(10)5-6-16-12/h3-6H,7-8H2,1-2H3. The number of furan rings is 1. The Hall–Kier alpha value is -0.965. The van der Waals surface area contributed by atoms with Crippen molar-refractivity contribution in [1.29, 1.82) is 0 Å². The summed E-state index contributed by atoms with van der Waals surface area (Å²) in [5.41, 5.74) is 1.73. The van der Waals surface area contributed by atoms with Crippen molar-refractivity contribution in [3.63, 3.8) is 0 Å². The molecule has 0 N–H and O–H groups in total. The van der Waals surface area contributed by atoms with Crippen molar-refractivity contribution < 1.29 is 13.7 Å². The quantitative estimate of drug-likeness (QED) is 0.742. The molecular formula is C13H14BClO3. The Kier molecular flexibility index (Phi) is 2.89. The van der Waals surface area contributed by atoms with E-state index in [1.807, 2.05) is 18.2 Å². The van der Waals surface area contributed by atoms with Crippen LogP contribution in [0.25, 0.3) is 11.0 Å². The first-order chi connectivity index (χ1) is 8.57. The third kappa shape index (κ3) is 2.05. The zero-order valence-corrected chi connectivity index (χ0v) is 11.2. The van der Waals surface area contributed by atoms with E-state index in [4.69, 9.17) is 25.3 Å². The Morgan fingerprint density at radius 3 is 2.61 bits per heavy atom. The molecule has 1 aromatic carbocycles. The summed E-state index contributed by atoms with van der Waals surface area (Å²) in [4.78, 5) is 0. The van der Waals surface area contributed by atoms with Gasteiger partial charge in [-0.1, -0.05) is 31.5 Å². The zero-order chi connectivity index (χ0) is 12.8. The molecule has 0 aliphatic carbocycles. The summed E-state index contributed by atoms with van der Waals surface area (Å²) in [7, 11) is -0.338. The van der Waals surface area contributed by atoms with Crippen LogP contribution in [0.3, 0.4) is 0 Å². The van der Waals surface area contributed by atoms with Gasteiger partial charge in [0, 0.05) is 24.0 Å². The van der Waals surface area contributed by atoms with Crippen LogP contribution in [0, 0.1) is 5.41 Å². The van der Waals surface area contributed by atoms with Crippen LogP contribution >= 0.6 is 11.6 Å². The molecule has 0 unspecified atom stereocenters. The van der Waals surface area contributed by atoms with Gasteiger partial charge in [-0.05, 0) is 17.6 Å². The molecule has 0 radical (unpaired) electrons. The van der Waals surface area contributed by atoms with Crippen molar-refractivity contribution in [3.8, 4) is 0 Å². The molecule has 2 aromatic rings. The van der Waals surface area contributed by atoms with Gasteiger partial charge >= 0.3 is 7.12 Å². The minimum atomic E-state index is -0.338. The number of hydrogen-bond acceptors (Lipinski definition) is 3. The van der Waals surface area contributed by atoms with E-state index < -0.39 is 0 Å². The first-order valence-corrected chi connectivity index (χ1v) is 6.33. The highest BCUT2D eigenvalue weighted by Gasteiger charge is 2.34. The second-order valence-electron chi connectivity index (χ2n) is 5.42. The van der Waals surface area contributed by atoms with E-state index in [-0.39, 0.29) is 12.5 Å².